The van der Waals surface area contributed by atoms with Crippen LogP contribution < -0.4 is 5.32 Å². The van der Waals surface area contributed by atoms with Crippen molar-refractivity contribution in [2.45, 2.75) is 13.0 Å². The van der Waals surface area contributed by atoms with Gasteiger partial charge in [-0.2, -0.15) is 5.10 Å². The van der Waals surface area contributed by atoms with E-state index < -0.39 is 11.9 Å². The average Bonchev–Trinajstić information content (AvgIpc) is 2.95. The van der Waals surface area contributed by atoms with Crippen molar-refractivity contribution in [3.63, 3.8) is 0 Å². The fourth-order valence-electron chi connectivity index (χ4n) is 1.95. The van der Waals surface area contributed by atoms with Crippen LogP contribution in [0.2, 0.25) is 0 Å². The monoisotopic (exact) mass is 299 g/mol. The normalized spacial score (nSPS) is 10.0. The van der Waals surface area contributed by atoms with E-state index in [1.165, 1.54) is 7.11 Å². The number of carbonyl (C=O) groups is 2. The Hall–Kier alpha value is -2.89. The lowest BCUT2D eigenvalue weighted by Crippen LogP contribution is -2.11. The second kappa shape index (κ2) is 7.21. The van der Waals surface area contributed by atoms with Crippen molar-refractivity contribution >= 4 is 17.6 Å². The largest absolute Gasteiger partial charge is 0.464 e. The molecular weight excluding hydrogens is 282 g/mol. The summed E-state index contributed by atoms with van der Waals surface area (Å²) in [6, 6.07) is 9.92. The van der Waals surface area contributed by atoms with Gasteiger partial charge in [-0.1, -0.05) is 36.9 Å². The van der Waals surface area contributed by atoms with Gasteiger partial charge in [0.1, 0.15) is 0 Å². The number of amides is 1. The van der Waals surface area contributed by atoms with Crippen molar-refractivity contribution in [2.75, 3.05) is 12.4 Å². The summed E-state index contributed by atoms with van der Waals surface area (Å²) in [4.78, 5) is 23.1. The Morgan fingerprint density at radius 1 is 1.36 bits per heavy atom. The number of anilines is 1. The van der Waals surface area contributed by atoms with Crippen LogP contribution in [0.25, 0.3) is 0 Å². The molecule has 6 nitrogen and oxygen atoms in total. The number of carbonyl (C=O) groups excluding carboxylic acids is 2. The van der Waals surface area contributed by atoms with Gasteiger partial charge in [0.15, 0.2) is 5.69 Å². The molecule has 114 valence electrons. The maximum Gasteiger partial charge on any atom is 0.360 e. The zero-order chi connectivity index (χ0) is 15.9. The minimum atomic E-state index is -0.599. The average molecular weight is 299 g/mol. The quantitative estimate of drug-likeness (QED) is 0.654. The van der Waals surface area contributed by atoms with E-state index in [1.807, 2.05) is 30.3 Å². The van der Waals surface area contributed by atoms with Crippen molar-refractivity contribution in [3.05, 3.63) is 60.4 Å². The maximum atomic E-state index is 11.7. The van der Waals surface area contributed by atoms with Crippen molar-refractivity contribution < 1.29 is 14.3 Å². The molecule has 0 saturated heterocycles. The lowest BCUT2D eigenvalue weighted by molar-refractivity contribution is -0.111. The molecule has 1 aromatic carbocycles. The van der Waals surface area contributed by atoms with Gasteiger partial charge in [0.2, 0.25) is 5.91 Å². The van der Waals surface area contributed by atoms with Gasteiger partial charge in [0, 0.05) is 12.7 Å². The van der Waals surface area contributed by atoms with E-state index in [0.29, 0.717) is 12.2 Å². The number of aryl methyl sites for hydroxylation is 2. The molecule has 0 bridgehead atoms. The molecule has 0 spiro atoms. The van der Waals surface area contributed by atoms with Gasteiger partial charge in [-0.05, 0) is 18.1 Å². The van der Waals surface area contributed by atoms with Crippen LogP contribution in [0.3, 0.4) is 0 Å². The summed E-state index contributed by atoms with van der Waals surface area (Å²) in [5, 5.41) is 6.73. The van der Waals surface area contributed by atoms with Crippen LogP contribution >= 0.6 is 0 Å². The van der Waals surface area contributed by atoms with E-state index in [2.05, 4.69) is 21.7 Å². The number of aromatic nitrogens is 2. The first-order valence-corrected chi connectivity index (χ1v) is 6.77. The zero-order valence-corrected chi connectivity index (χ0v) is 12.3. The Balaban J connectivity index is 2.16. The molecule has 0 aliphatic carbocycles. The Bertz CT molecular complexity index is 677. The molecular formula is C16H17N3O3. The van der Waals surface area contributed by atoms with Crippen LogP contribution in [0.4, 0.5) is 5.69 Å². The Labute approximate surface area is 128 Å². The number of nitrogens with one attached hydrogen (secondary N) is 1. The Kier molecular flexibility index (Phi) is 5.08. The third-order valence-corrected chi connectivity index (χ3v) is 3.06. The highest BCUT2D eigenvalue weighted by molar-refractivity contribution is 6.03. The maximum absolute atomic E-state index is 11.7. The van der Waals surface area contributed by atoms with Crippen LogP contribution in [-0.2, 0) is 22.5 Å². The van der Waals surface area contributed by atoms with E-state index in [-0.39, 0.29) is 5.69 Å². The van der Waals surface area contributed by atoms with E-state index >= 15 is 0 Å². The van der Waals surface area contributed by atoms with E-state index in [0.717, 1.165) is 18.1 Å². The minimum absolute atomic E-state index is 0.0748. The molecule has 0 radical (unpaired) electrons. The second-order valence-electron chi connectivity index (χ2n) is 4.58. The summed E-state index contributed by atoms with van der Waals surface area (Å²) < 4.78 is 6.29. The lowest BCUT2D eigenvalue weighted by Gasteiger charge is -2.01. The molecule has 1 aromatic heterocycles. The van der Waals surface area contributed by atoms with Gasteiger partial charge in [0.05, 0.1) is 12.8 Å². The van der Waals surface area contributed by atoms with Crippen molar-refractivity contribution in [2.24, 2.45) is 0 Å². The van der Waals surface area contributed by atoms with Gasteiger partial charge in [-0.15, -0.1) is 0 Å². The summed E-state index contributed by atoms with van der Waals surface area (Å²) in [5.74, 6) is -1.01. The molecule has 0 fully saturated rings. The summed E-state index contributed by atoms with van der Waals surface area (Å²) >= 11 is 0. The fraction of sp³-hybridized carbons (Fsp3) is 0.188. The molecule has 6 heteroatoms. The first-order valence-electron chi connectivity index (χ1n) is 6.77. The van der Waals surface area contributed by atoms with Crippen LogP contribution in [0, 0.1) is 0 Å². The molecule has 0 aliphatic rings. The third kappa shape index (κ3) is 3.82. The topological polar surface area (TPSA) is 73.2 Å². The van der Waals surface area contributed by atoms with Crippen molar-refractivity contribution in [1.29, 1.82) is 0 Å². The Morgan fingerprint density at radius 2 is 2.09 bits per heavy atom. The molecule has 2 rings (SSSR count). The van der Waals surface area contributed by atoms with Crippen molar-refractivity contribution in [3.8, 4) is 0 Å². The summed E-state index contributed by atoms with van der Waals surface area (Å²) in [7, 11) is 1.27. The molecule has 1 N–H and O–H groups in total. The van der Waals surface area contributed by atoms with Gasteiger partial charge in [0.25, 0.3) is 0 Å². The molecule has 1 heterocycles. The van der Waals surface area contributed by atoms with E-state index in [4.69, 9.17) is 0 Å². The molecule has 0 unspecified atom stereocenters. The number of ether oxygens (including phenoxy) is 1. The summed E-state index contributed by atoms with van der Waals surface area (Å²) in [6.45, 7) is 3.96. The molecule has 0 saturated carbocycles. The predicted molar refractivity (Wildman–Crippen MR) is 82.5 cm³/mol. The smallest absolute Gasteiger partial charge is 0.360 e. The fourth-order valence-corrected chi connectivity index (χ4v) is 1.95. The number of esters is 1. The first kappa shape index (κ1) is 15.5. The van der Waals surface area contributed by atoms with Gasteiger partial charge in [-0.3, -0.25) is 9.48 Å². The number of rotatable bonds is 6. The SMILES string of the molecule is C=CC(=O)Nc1cn(CCc2ccccc2)nc1C(=O)OC. The molecule has 0 aliphatic heterocycles. The Morgan fingerprint density at radius 3 is 2.73 bits per heavy atom. The zero-order valence-electron chi connectivity index (χ0n) is 12.3. The summed E-state index contributed by atoms with van der Waals surface area (Å²) in [6.07, 6.45) is 3.50. The number of methoxy groups -OCH3 is 1. The minimum Gasteiger partial charge on any atom is -0.464 e. The standard InChI is InChI=1S/C16H17N3O3/c1-3-14(20)17-13-11-19(18-15(13)16(21)22-2)10-9-12-7-5-4-6-8-12/h3-8,11H,1,9-10H2,2H3,(H,17,20). The highest BCUT2D eigenvalue weighted by Crippen LogP contribution is 2.15. The molecule has 2 aromatic rings. The number of hydrogen-bond donors (Lipinski definition) is 1. The first-order chi connectivity index (χ1) is 10.6. The predicted octanol–water partition coefficient (Wildman–Crippen LogP) is 2.04. The molecule has 1 amide bonds. The molecule has 22 heavy (non-hydrogen) atoms. The van der Waals surface area contributed by atoms with Gasteiger partial charge in [-0.25, -0.2) is 4.79 Å². The number of nitrogens with zero attached hydrogens (tertiary/aromatic N) is 2. The lowest BCUT2D eigenvalue weighted by atomic mass is 10.1. The van der Waals surface area contributed by atoms with E-state index in [1.54, 1.807) is 10.9 Å². The summed E-state index contributed by atoms with van der Waals surface area (Å²) in [5.41, 5.74) is 1.55. The van der Waals surface area contributed by atoms with E-state index in [9.17, 15) is 9.59 Å². The van der Waals surface area contributed by atoms with Crippen molar-refractivity contribution in [1.82, 2.24) is 9.78 Å². The third-order valence-electron chi connectivity index (χ3n) is 3.06. The second-order valence-corrected chi connectivity index (χ2v) is 4.58. The van der Waals surface area contributed by atoms with Crippen LogP contribution in [0.15, 0.2) is 49.2 Å². The van der Waals surface area contributed by atoms with Crippen LogP contribution in [-0.4, -0.2) is 28.8 Å². The molecule has 0 atom stereocenters. The van der Waals surface area contributed by atoms with Crippen LogP contribution in [0.5, 0.6) is 0 Å². The van der Waals surface area contributed by atoms with Gasteiger partial charge < -0.3 is 10.1 Å². The number of hydrogen-bond acceptors (Lipinski definition) is 4. The highest BCUT2D eigenvalue weighted by atomic mass is 16.5. The highest BCUT2D eigenvalue weighted by Gasteiger charge is 2.18. The van der Waals surface area contributed by atoms with Gasteiger partial charge >= 0.3 is 5.97 Å². The number of benzene rings is 1. The van der Waals surface area contributed by atoms with Crippen LogP contribution in [0.1, 0.15) is 16.1 Å².